The quantitative estimate of drug-likeness (QED) is 0.581. The molecule has 25 heavy (non-hydrogen) atoms. The summed E-state index contributed by atoms with van der Waals surface area (Å²) in [6.07, 6.45) is 0. The summed E-state index contributed by atoms with van der Waals surface area (Å²) in [5.41, 5.74) is 3.14. The fraction of sp³-hybridized carbons (Fsp3) is 0.200. The third-order valence-electron chi connectivity index (χ3n) is 4.33. The lowest BCUT2D eigenvalue weighted by Gasteiger charge is -2.10. The van der Waals surface area contributed by atoms with Gasteiger partial charge in [0.05, 0.1) is 0 Å². The van der Waals surface area contributed by atoms with Gasteiger partial charge in [-0.25, -0.2) is 9.59 Å². The van der Waals surface area contributed by atoms with Gasteiger partial charge in [0.1, 0.15) is 23.5 Å². The lowest BCUT2D eigenvalue weighted by Crippen LogP contribution is -2.09. The molecule has 0 fully saturated rings. The minimum Gasteiger partial charge on any atom is -0.507 e. The van der Waals surface area contributed by atoms with Gasteiger partial charge in [0.2, 0.25) is 0 Å². The maximum Gasteiger partial charge on any atom is 0.342 e. The van der Waals surface area contributed by atoms with Gasteiger partial charge < -0.3 is 14.3 Å². The molecule has 3 aromatic rings. The topological polar surface area (TPSA) is 76.7 Å². The molecule has 0 aliphatic heterocycles. The van der Waals surface area contributed by atoms with Crippen LogP contribution in [0.5, 0.6) is 5.75 Å². The van der Waals surface area contributed by atoms with Crippen molar-refractivity contribution in [1.82, 2.24) is 0 Å². The number of aryl methyl sites for hydroxylation is 3. The Morgan fingerprint density at radius 3 is 2.64 bits per heavy atom. The second-order valence-corrected chi connectivity index (χ2v) is 6.02. The highest BCUT2D eigenvalue weighted by Crippen LogP contribution is 2.25. The zero-order valence-corrected chi connectivity index (χ0v) is 14.3. The summed E-state index contributed by atoms with van der Waals surface area (Å²) < 4.78 is 10.6. The van der Waals surface area contributed by atoms with E-state index in [-0.39, 0.29) is 17.9 Å². The highest BCUT2D eigenvalue weighted by Gasteiger charge is 2.16. The van der Waals surface area contributed by atoms with Crippen LogP contribution in [-0.2, 0) is 11.3 Å². The van der Waals surface area contributed by atoms with Crippen molar-refractivity contribution in [2.24, 2.45) is 0 Å². The van der Waals surface area contributed by atoms with Crippen molar-refractivity contribution in [1.29, 1.82) is 0 Å². The van der Waals surface area contributed by atoms with Crippen LogP contribution >= 0.6 is 0 Å². The van der Waals surface area contributed by atoms with Crippen molar-refractivity contribution in [3.63, 3.8) is 0 Å². The minimum absolute atomic E-state index is 0.0865. The minimum atomic E-state index is -0.647. The van der Waals surface area contributed by atoms with Crippen LogP contribution < -0.4 is 5.63 Å². The van der Waals surface area contributed by atoms with Gasteiger partial charge in [0, 0.05) is 17.0 Å². The van der Waals surface area contributed by atoms with Gasteiger partial charge in [-0.3, -0.25) is 0 Å². The van der Waals surface area contributed by atoms with Gasteiger partial charge in [-0.1, -0.05) is 24.3 Å². The van der Waals surface area contributed by atoms with Crippen LogP contribution in [-0.4, -0.2) is 11.1 Å². The second-order valence-electron chi connectivity index (χ2n) is 6.02. The fourth-order valence-electron chi connectivity index (χ4n) is 2.69. The number of carbonyl (C=O) groups is 1. The molecule has 0 bridgehead atoms. The Labute approximate surface area is 144 Å². The summed E-state index contributed by atoms with van der Waals surface area (Å²) in [6.45, 7) is 5.42. The van der Waals surface area contributed by atoms with Crippen molar-refractivity contribution in [3.8, 4) is 5.75 Å². The first-order valence-corrected chi connectivity index (χ1v) is 7.87. The first-order chi connectivity index (χ1) is 11.9. The number of phenolic OH excluding ortho intramolecular Hbond substituents is 1. The summed E-state index contributed by atoms with van der Waals surface area (Å²) in [6, 6.07) is 9.96. The summed E-state index contributed by atoms with van der Waals surface area (Å²) in [5.74, 6) is -0.747. The Balaban J connectivity index is 1.94. The van der Waals surface area contributed by atoms with Crippen LogP contribution in [0, 0.1) is 20.8 Å². The highest BCUT2D eigenvalue weighted by molar-refractivity contribution is 5.93. The summed E-state index contributed by atoms with van der Waals surface area (Å²) in [7, 11) is 0. The highest BCUT2D eigenvalue weighted by atomic mass is 16.5. The molecule has 0 atom stereocenters. The molecule has 0 aliphatic carbocycles. The number of rotatable bonds is 3. The van der Waals surface area contributed by atoms with Gasteiger partial charge in [0.15, 0.2) is 0 Å². The average molecular weight is 338 g/mol. The molecule has 1 N–H and O–H groups in total. The van der Waals surface area contributed by atoms with Gasteiger partial charge >= 0.3 is 11.6 Å². The molecule has 5 heteroatoms. The Kier molecular flexibility index (Phi) is 4.31. The van der Waals surface area contributed by atoms with E-state index in [1.807, 2.05) is 26.0 Å². The summed E-state index contributed by atoms with van der Waals surface area (Å²) in [4.78, 5) is 24.1. The Morgan fingerprint density at radius 1 is 1.12 bits per heavy atom. The van der Waals surface area contributed by atoms with E-state index in [1.165, 1.54) is 12.1 Å². The standard InChI is InChI=1S/C20H18O5/c1-11-7-8-15-14(9-17(21)25-19(15)13(11)3)10-24-20(23)16-6-4-5-12(2)18(16)22/h4-9,22H,10H2,1-3H3. The molecule has 0 saturated carbocycles. The fourth-order valence-corrected chi connectivity index (χ4v) is 2.69. The van der Waals surface area contributed by atoms with Crippen LogP contribution in [0.2, 0.25) is 0 Å². The first kappa shape index (κ1) is 16.8. The lowest BCUT2D eigenvalue weighted by molar-refractivity contribution is 0.0470. The molecular formula is C20H18O5. The van der Waals surface area contributed by atoms with Crippen molar-refractivity contribution < 1.29 is 19.1 Å². The van der Waals surface area contributed by atoms with Crippen LogP contribution in [0.4, 0.5) is 0 Å². The zero-order valence-electron chi connectivity index (χ0n) is 14.3. The monoisotopic (exact) mass is 338 g/mol. The molecule has 0 unspecified atom stereocenters. The number of phenols is 1. The number of esters is 1. The third-order valence-corrected chi connectivity index (χ3v) is 4.33. The molecule has 0 radical (unpaired) electrons. The van der Waals surface area contributed by atoms with Crippen LogP contribution in [0.1, 0.15) is 32.6 Å². The number of para-hydroxylation sites is 1. The van der Waals surface area contributed by atoms with Crippen molar-refractivity contribution in [3.05, 3.63) is 74.6 Å². The van der Waals surface area contributed by atoms with Gasteiger partial charge in [-0.15, -0.1) is 0 Å². The lowest BCUT2D eigenvalue weighted by atomic mass is 10.0. The molecule has 0 amide bonds. The van der Waals surface area contributed by atoms with Gasteiger partial charge in [0.25, 0.3) is 0 Å². The molecule has 128 valence electrons. The van der Waals surface area contributed by atoms with E-state index in [2.05, 4.69) is 0 Å². The van der Waals surface area contributed by atoms with E-state index >= 15 is 0 Å². The smallest absolute Gasteiger partial charge is 0.342 e. The van der Waals surface area contributed by atoms with E-state index in [0.717, 1.165) is 16.5 Å². The molecule has 1 aromatic heterocycles. The maximum absolute atomic E-state index is 12.2. The summed E-state index contributed by atoms with van der Waals surface area (Å²) >= 11 is 0. The summed E-state index contributed by atoms with van der Waals surface area (Å²) in [5, 5.41) is 10.7. The Morgan fingerprint density at radius 2 is 1.88 bits per heavy atom. The van der Waals surface area contributed by atoms with Crippen molar-refractivity contribution in [2.45, 2.75) is 27.4 Å². The number of aromatic hydroxyl groups is 1. The third kappa shape index (κ3) is 3.13. The van der Waals surface area contributed by atoms with Gasteiger partial charge in [-0.2, -0.15) is 0 Å². The van der Waals surface area contributed by atoms with E-state index < -0.39 is 11.6 Å². The number of carbonyl (C=O) groups excluding carboxylic acids is 1. The van der Waals surface area contributed by atoms with Crippen LogP contribution in [0.3, 0.4) is 0 Å². The van der Waals surface area contributed by atoms with Crippen LogP contribution in [0.15, 0.2) is 45.6 Å². The Hall–Kier alpha value is -3.08. The van der Waals surface area contributed by atoms with Crippen molar-refractivity contribution >= 4 is 16.9 Å². The molecule has 0 spiro atoms. The number of hydrogen-bond acceptors (Lipinski definition) is 5. The molecule has 2 aromatic carbocycles. The predicted molar refractivity (Wildman–Crippen MR) is 93.9 cm³/mol. The molecule has 0 aliphatic rings. The number of fused-ring (bicyclic) bond motifs is 1. The van der Waals surface area contributed by atoms with Crippen molar-refractivity contribution in [2.75, 3.05) is 0 Å². The molecule has 3 rings (SSSR count). The van der Waals surface area contributed by atoms with E-state index in [0.29, 0.717) is 16.7 Å². The molecule has 5 nitrogen and oxygen atoms in total. The maximum atomic E-state index is 12.2. The second kappa shape index (κ2) is 6.43. The molecular weight excluding hydrogens is 320 g/mol. The van der Waals surface area contributed by atoms with E-state index in [9.17, 15) is 14.7 Å². The molecule has 0 saturated heterocycles. The largest absolute Gasteiger partial charge is 0.507 e. The zero-order chi connectivity index (χ0) is 18.1. The normalized spacial score (nSPS) is 10.8. The number of hydrogen-bond donors (Lipinski definition) is 1. The molecule has 1 heterocycles. The average Bonchev–Trinajstić information content (AvgIpc) is 2.58. The number of benzene rings is 2. The first-order valence-electron chi connectivity index (χ1n) is 7.87. The van der Waals surface area contributed by atoms with E-state index in [4.69, 9.17) is 9.15 Å². The SMILES string of the molecule is Cc1cccc(C(=O)OCc2cc(=O)oc3c(C)c(C)ccc23)c1O. The predicted octanol–water partition coefficient (Wildman–Crippen LogP) is 3.78. The van der Waals surface area contributed by atoms with Gasteiger partial charge in [-0.05, 0) is 43.5 Å². The number of ether oxygens (including phenoxy) is 1. The Bertz CT molecular complexity index is 1030. The van der Waals surface area contributed by atoms with E-state index in [1.54, 1.807) is 19.1 Å². The van der Waals surface area contributed by atoms with Crippen LogP contribution in [0.25, 0.3) is 11.0 Å².